The summed E-state index contributed by atoms with van der Waals surface area (Å²) in [5.74, 6) is -4.29. The maximum atomic E-state index is 13.5. The Morgan fingerprint density at radius 3 is 2.60 bits per heavy atom. The van der Waals surface area contributed by atoms with Gasteiger partial charge in [0, 0.05) is 19.2 Å². The van der Waals surface area contributed by atoms with E-state index >= 15 is 0 Å². The van der Waals surface area contributed by atoms with E-state index in [1.165, 1.54) is 12.1 Å². The molecule has 0 saturated heterocycles. The molecule has 0 aliphatic rings. The van der Waals surface area contributed by atoms with Gasteiger partial charge < -0.3 is 10.5 Å². The Kier molecular flexibility index (Phi) is 3.71. The van der Waals surface area contributed by atoms with Crippen molar-refractivity contribution in [2.45, 2.75) is 12.5 Å². The van der Waals surface area contributed by atoms with Crippen LogP contribution in [-0.4, -0.2) is 13.7 Å². The number of nitrogens with two attached hydrogens (primary N) is 1. The Labute approximate surface area is 85.8 Å². The Balaban J connectivity index is 3.14. The van der Waals surface area contributed by atoms with Crippen molar-refractivity contribution in [3.63, 3.8) is 0 Å². The first-order chi connectivity index (χ1) is 7.03. The third-order valence-electron chi connectivity index (χ3n) is 2.02. The van der Waals surface area contributed by atoms with Crippen LogP contribution >= 0.6 is 0 Å². The smallest absolute Gasteiger partial charge is 0.298 e. The highest BCUT2D eigenvalue weighted by molar-refractivity contribution is 5.29. The first kappa shape index (κ1) is 12.0. The fourth-order valence-electron chi connectivity index (χ4n) is 1.28. The maximum absolute atomic E-state index is 13.5. The predicted molar refractivity (Wildman–Crippen MR) is 50.1 cm³/mol. The van der Waals surface area contributed by atoms with E-state index in [4.69, 9.17) is 5.73 Å². The minimum absolute atomic E-state index is 0.0725. The zero-order valence-electron chi connectivity index (χ0n) is 8.27. The fraction of sp³-hybridized carbons (Fsp3) is 0.400. The van der Waals surface area contributed by atoms with Gasteiger partial charge in [0.15, 0.2) is 0 Å². The molecule has 0 bridgehead atoms. The normalized spacial score (nSPS) is 11.8. The number of hydrogen-bond acceptors (Lipinski definition) is 2. The van der Waals surface area contributed by atoms with E-state index in [2.05, 4.69) is 4.74 Å². The Hall–Kier alpha value is -1.07. The van der Waals surface area contributed by atoms with E-state index in [9.17, 15) is 13.2 Å². The summed E-state index contributed by atoms with van der Waals surface area (Å²) in [5.41, 5.74) is 4.62. The Bertz CT molecular complexity index is 341. The molecular formula is C10H12F3NO. The minimum Gasteiger partial charge on any atom is -0.378 e. The second kappa shape index (κ2) is 4.63. The van der Waals surface area contributed by atoms with Gasteiger partial charge in [0.25, 0.3) is 5.92 Å². The molecule has 0 aliphatic carbocycles. The first-order valence-corrected chi connectivity index (χ1v) is 4.37. The van der Waals surface area contributed by atoms with Crippen LogP contribution in [0.5, 0.6) is 0 Å². The molecule has 0 heterocycles. The molecule has 2 N–H and O–H groups in total. The fourth-order valence-corrected chi connectivity index (χ4v) is 1.28. The van der Waals surface area contributed by atoms with Gasteiger partial charge in [-0.15, -0.1) is 0 Å². The van der Waals surface area contributed by atoms with Crippen LogP contribution in [0.15, 0.2) is 18.2 Å². The highest BCUT2D eigenvalue weighted by atomic mass is 19.3. The molecule has 2 nitrogen and oxygen atoms in total. The summed E-state index contributed by atoms with van der Waals surface area (Å²) in [6.07, 6.45) is 0. The lowest BCUT2D eigenvalue weighted by molar-refractivity contribution is -0.0722. The van der Waals surface area contributed by atoms with Crippen LogP contribution in [-0.2, 0) is 17.2 Å². The molecule has 1 aromatic carbocycles. The summed E-state index contributed by atoms with van der Waals surface area (Å²) in [5, 5.41) is 0. The summed E-state index contributed by atoms with van der Waals surface area (Å²) in [6, 6.07) is 3.76. The molecule has 0 atom stereocenters. The second-order valence-corrected chi connectivity index (χ2v) is 3.12. The van der Waals surface area contributed by atoms with Gasteiger partial charge in [-0.2, -0.15) is 8.78 Å². The number of halogens is 3. The van der Waals surface area contributed by atoms with Gasteiger partial charge in [0.2, 0.25) is 0 Å². The molecule has 84 valence electrons. The van der Waals surface area contributed by atoms with E-state index in [0.717, 1.165) is 13.2 Å². The van der Waals surface area contributed by atoms with Crippen LogP contribution in [0, 0.1) is 5.82 Å². The van der Waals surface area contributed by atoms with Crippen molar-refractivity contribution in [1.29, 1.82) is 0 Å². The largest absolute Gasteiger partial charge is 0.378 e. The second-order valence-electron chi connectivity index (χ2n) is 3.12. The lowest BCUT2D eigenvalue weighted by atomic mass is 10.0. The van der Waals surface area contributed by atoms with Crippen LogP contribution in [0.25, 0.3) is 0 Å². The van der Waals surface area contributed by atoms with E-state index in [1.807, 2.05) is 0 Å². The van der Waals surface area contributed by atoms with Gasteiger partial charge in [-0.1, -0.05) is 12.1 Å². The predicted octanol–water partition coefficient (Wildman–Crippen LogP) is 2.02. The third-order valence-corrected chi connectivity index (χ3v) is 2.02. The van der Waals surface area contributed by atoms with Crippen molar-refractivity contribution >= 4 is 0 Å². The molecule has 0 saturated carbocycles. The Morgan fingerprint density at radius 1 is 1.40 bits per heavy atom. The molecule has 0 aliphatic heterocycles. The SMILES string of the molecule is COCC(F)(F)c1cccc(CN)c1F. The van der Waals surface area contributed by atoms with Crippen molar-refractivity contribution in [2.75, 3.05) is 13.7 Å². The van der Waals surface area contributed by atoms with Crippen molar-refractivity contribution in [2.24, 2.45) is 5.73 Å². The molecule has 0 aromatic heterocycles. The van der Waals surface area contributed by atoms with Crippen molar-refractivity contribution < 1.29 is 17.9 Å². The molecule has 15 heavy (non-hydrogen) atoms. The van der Waals surface area contributed by atoms with E-state index in [0.29, 0.717) is 0 Å². The molecule has 5 heteroatoms. The standard InChI is InChI=1S/C10H12F3NO/c1-15-6-10(12,13)8-4-2-3-7(5-14)9(8)11/h2-4H,5-6,14H2,1H3. The molecule has 0 fully saturated rings. The third kappa shape index (κ3) is 2.49. The first-order valence-electron chi connectivity index (χ1n) is 4.37. The average molecular weight is 219 g/mol. The van der Waals surface area contributed by atoms with Gasteiger partial charge in [-0.25, -0.2) is 4.39 Å². The zero-order chi connectivity index (χ0) is 11.5. The monoisotopic (exact) mass is 219 g/mol. The maximum Gasteiger partial charge on any atom is 0.298 e. The minimum atomic E-state index is -3.33. The molecular weight excluding hydrogens is 207 g/mol. The van der Waals surface area contributed by atoms with Gasteiger partial charge in [-0.05, 0) is 6.07 Å². The highest BCUT2D eigenvalue weighted by Crippen LogP contribution is 2.31. The summed E-state index contributed by atoms with van der Waals surface area (Å²) in [6.45, 7) is -0.958. The van der Waals surface area contributed by atoms with E-state index in [-0.39, 0.29) is 12.1 Å². The molecule has 0 spiro atoms. The number of ether oxygens (including phenoxy) is 1. The zero-order valence-corrected chi connectivity index (χ0v) is 8.27. The number of alkyl halides is 2. The summed E-state index contributed by atoms with van der Waals surface area (Å²) in [4.78, 5) is 0. The van der Waals surface area contributed by atoms with Gasteiger partial charge in [0.1, 0.15) is 12.4 Å². The highest BCUT2D eigenvalue weighted by Gasteiger charge is 2.35. The quantitative estimate of drug-likeness (QED) is 0.840. The number of rotatable bonds is 4. The summed E-state index contributed by atoms with van der Waals surface area (Å²) in [7, 11) is 1.14. The number of hydrogen-bond donors (Lipinski definition) is 1. The van der Waals surface area contributed by atoms with Crippen molar-refractivity contribution in [3.8, 4) is 0 Å². The van der Waals surface area contributed by atoms with Crippen molar-refractivity contribution in [3.05, 3.63) is 35.1 Å². The van der Waals surface area contributed by atoms with Gasteiger partial charge in [0.05, 0.1) is 5.56 Å². The number of benzene rings is 1. The number of methoxy groups -OCH3 is 1. The van der Waals surface area contributed by atoms with Crippen molar-refractivity contribution in [1.82, 2.24) is 0 Å². The molecule has 0 amide bonds. The summed E-state index contributed by atoms with van der Waals surface area (Å²) < 4.78 is 44.5. The van der Waals surface area contributed by atoms with Crippen LogP contribution in [0.2, 0.25) is 0 Å². The molecule has 1 rings (SSSR count). The van der Waals surface area contributed by atoms with Gasteiger partial charge in [-0.3, -0.25) is 0 Å². The van der Waals surface area contributed by atoms with E-state index in [1.54, 1.807) is 0 Å². The van der Waals surface area contributed by atoms with Crippen LogP contribution in [0.4, 0.5) is 13.2 Å². The summed E-state index contributed by atoms with van der Waals surface area (Å²) >= 11 is 0. The average Bonchev–Trinajstić information content (AvgIpc) is 2.17. The lowest BCUT2D eigenvalue weighted by Crippen LogP contribution is -2.22. The van der Waals surface area contributed by atoms with Crippen LogP contribution in [0.3, 0.4) is 0 Å². The molecule has 0 radical (unpaired) electrons. The molecule has 1 aromatic rings. The lowest BCUT2D eigenvalue weighted by Gasteiger charge is -2.17. The van der Waals surface area contributed by atoms with Crippen LogP contribution in [0.1, 0.15) is 11.1 Å². The Morgan fingerprint density at radius 2 is 2.07 bits per heavy atom. The molecule has 0 unspecified atom stereocenters. The van der Waals surface area contributed by atoms with Crippen LogP contribution < -0.4 is 5.73 Å². The topological polar surface area (TPSA) is 35.2 Å². The van der Waals surface area contributed by atoms with E-state index < -0.39 is 23.9 Å². The van der Waals surface area contributed by atoms with Gasteiger partial charge >= 0.3 is 0 Å².